The van der Waals surface area contributed by atoms with Gasteiger partial charge in [-0.25, -0.2) is 0 Å². The Morgan fingerprint density at radius 2 is 2.41 bits per heavy atom. The Labute approximate surface area is 103 Å². The number of rotatable bonds is 4. The average Bonchev–Trinajstić information content (AvgIpc) is 2.37. The van der Waals surface area contributed by atoms with Crippen LogP contribution in [0.4, 0.5) is 0 Å². The molecule has 2 atom stereocenters. The van der Waals surface area contributed by atoms with Crippen molar-refractivity contribution in [1.29, 1.82) is 0 Å². The highest BCUT2D eigenvalue weighted by Crippen LogP contribution is 2.20. The van der Waals surface area contributed by atoms with E-state index in [9.17, 15) is 0 Å². The van der Waals surface area contributed by atoms with E-state index in [1.54, 1.807) is 0 Å². The highest BCUT2D eigenvalue weighted by molar-refractivity contribution is 5.23. The molecule has 1 saturated heterocycles. The first kappa shape index (κ1) is 12.6. The standard InChI is InChI=1S/C14H22N2O/c1-11-4-2-5-12(8-11)9-14(16-15)13-6-3-7-17-10-13/h2,4-5,8,13-14,16H,3,6-7,9-10,15H2,1H3. The second-order valence-corrected chi connectivity index (χ2v) is 4.94. The van der Waals surface area contributed by atoms with Gasteiger partial charge in [0.15, 0.2) is 0 Å². The Bertz CT molecular complexity index is 348. The van der Waals surface area contributed by atoms with Crippen molar-refractivity contribution in [1.82, 2.24) is 5.43 Å². The Hall–Kier alpha value is -0.900. The summed E-state index contributed by atoms with van der Waals surface area (Å²) in [7, 11) is 0. The van der Waals surface area contributed by atoms with Gasteiger partial charge in [-0.3, -0.25) is 11.3 Å². The van der Waals surface area contributed by atoms with Crippen LogP contribution >= 0.6 is 0 Å². The van der Waals surface area contributed by atoms with Crippen LogP contribution in [0.5, 0.6) is 0 Å². The van der Waals surface area contributed by atoms with Crippen molar-refractivity contribution in [2.24, 2.45) is 11.8 Å². The summed E-state index contributed by atoms with van der Waals surface area (Å²) in [5, 5.41) is 0. The fourth-order valence-electron chi connectivity index (χ4n) is 2.54. The number of nitrogens with one attached hydrogen (secondary N) is 1. The molecule has 0 spiro atoms. The highest BCUT2D eigenvalue weighted by atomic mass is 16.5. The van der Waals surface area contributed by atoms with Gasteiger partial charge in [-0.1, -0.05) is 29.8 Å². The first-order valence-corrected chi connectivity index (χ1v) is 6.39. The molecular weight excluding hydrogens is 212 g/mol. The van der Waals surface area contributed by atoms with Crippen molar-refractivity contribution in [3.05, 3.63) is 35.4 Å². The second-order valence-electron chi connectivity index (χ2n) is 4.94. The van der Waals surface area contributed by atoms with Gasteiger partial charge in [0.1, 0.15) is 0 Å². The Kier molecular flexibility index (Phi) is 4.54. The lowest BCUT2D eigenvalue weighted by molar-refractivity contribution is 0.0393. The van der Waals surface area contributed by atoms with Crippen LogP contribution in [-0.4, -0.2) is 19.3 Å². The van der Waals surface area contributed by atoms with Crippen LogP contribution in [-0.2, 0) is 11.2 Å². The maximum Gasteiger partial charge on any atom is 0.0509 e. The van der Waals surface area contributed by atoms with Crippen LogP contribution in [0, 0.1) is 12.8 Å². The predicted molar refractivity (Wildman–Crippen MR) is 69.5 cm³/mol. The third-order valence-corrected chi connectivity index (χ3v) is 3.52. The van der Waals surface area contributed by atoms with E-state index < -0.39 is 0 Å². The number of aryl methyl sites for hydroxylation is 1. The van der Waals surface area contributed by atoms with Crippen LogP contribution in [0.2, 0.25) is 0 Å². The van der Waals surface area contributed by atoms with Crippen molar-refractivity contribution in [2.75, 3.05) is 13.2 Å². The van der Waals surface area contributed by atoms with E-state index in [1.807, 2.05) is 0 Å². The molecule has 1 aliphatic heterocycles. The van der Waals surface area contributed by atoms with E-state index in [-0.39, 0.29) is 0 Å². The molecule has 0 aliphatic carbocycles. The van der Waals surface area contributed by atoms with Gasteiger partial charge in [0.25, 0.3) is 0 Å². The number of hydrogen-bond donors (Lipinski definition) is 2. The van der Waals surface area contributed by atoms with Crippen molar-refractivity contribution in [2.45, 2.75) is 32.2 Å². The summed E-state index contributed by atoms with van der Waals surface area (Å²) in [4.78, 5) is 0. The summed E-state index contributed by atoms with van der Waals surface area (Å²) in [6, 6.07) is 8.94. The van der Waals surface area contributed by atoms with Gasteiger partial charge in [-0.15, -0.1) is 0 Å². The van der Waals surface area contributed by atoms with Crippen LogP contribution in [0.15, 0.2) is 24.3 Å². The molecule has 0 bridgehead atoms. The summed E-state index contributed by atoms with van der Waals surface area (Å²) < 4.78 is 5.53. The van der Waals surface area contributed by atoms with E-state index in [4.69, 9.17) is 10.6 Å². The van der Waals surface area contributed by atoms with Crippen molar-refractivity contribution in [3.8, 4) is 0 Å². The molecule has 1 aromatic carbocycles. The molecular formula is C14H22N2O. The number of hydrazine groups is 1. The summed E-state index contributed by atoms with van der Waals surface area (Å²) in [5.41, 5.74) is 5.61. The molecule has 3 N–H and O–H groups in total. The Morgan fingerprint density at radius 3 is 3.06 bits per heavy atom. The third-order valence-electron chi connectivity index (χ3n) is 3.52. The summed E-state index contributed by atoms with van der Waals surface area (Å²) in [6.45, 7) is 3.86. The lowest BCUT2D eigenvalue weighted by Gasteiger charge is -2.29. The van der Waals surface area contributed by atoms with Crippen LogP contribution in [0.3, 0.4) is 0 Å². The minimum atomic E-state index is 0.317. The quantitative estimate of drug-likeness (QED) is 0.617. The minimum absolute atomic E-state index is 0.317. The molecule has 3 nitrogen and oxygen atoms in total. The molecule has 1 aliphatic rings. The first-order valence-electron chi connectivity index (χ1n) is 6.39. The minimum Gasteiger partial charge on any atom is -0.381 e. The Balaban J connectivity index is 1.98. The second kappa shape index (κ2) is 6.15. The van der Waals surface area contributed by atoms with Crippen molar-refractivity contribution in [3.63, 3.8) is 0 Å². The maximum atomic E-state index is 5.68. The normalized spacial score (nSPS) is 22.4. The fraction of sp³-hybridized carbons (Fsp3) is 0.571. The molecule has 0 radical (unpaired) electrons. The average molecular weight is 234 g/mol. The zero-order valence-electron chi connectivity index (χ0n) is 10.5. The van der Waals surface area contributed by atoms with Gasteiger partial charge >= 0.3 is 0 Å². The van der Waals surface area contributed by atoms with E-state index in [2.05, 4.69) is 36.6 Å². The summed E-state index contributed by atoms with van der Waals surface area (Å²) >= 11 is 0. The van der Waals surface area contributed by atoms with Crippen LogP contribution in [0.1, 0.15) is 24.0 Å². The van der Waals surface area contributed by atoms with Gasteiger partial charge < -0.3 is 4.74 Å². The van der Waals surface area contributed by atoms with Crippen molar-refractivity contribution < 1.29 is 4.74 Å². The molecule has 3 heteroatoms. The number of benzene rings is 1. The van der Waals surface area contributed by atoms with Crippen LogP contribution < -0.4 is 11.3 Å². The third kappa shape index (κ3) is 3.53. The monoisotopic (exact) mass is 234 g/mol. The topological polar surface area (TPSA) is 47.3 Å². The molecule has 1 aromatic rings. The molecule has 0 aromatic heterocycles. The molecule has 2 unspecified atom stereocenters. The summed E-state index contributed by atoms with van der Waals surface area (Å²) in [5.74, 6) is 6.22. The summed E-state index contributed by atoms with van der Waals surface area (Å²) in [6.07, 6.45) is 3.34. The first-order chi connectivity index (χ1) is 8.29. The van der Waals surface area contributed by atoms with E-state index >= 15 is 0 Å². The van der Waals surface area contributed by atoms with Gasteiger partial charge in [-0.2, -0.15) is 0 Å². The zero-order chi connectivity index (χ0) is 12.1. The molecule has 0 amide bonds. The van der Waals surface area contributed by atoms with Gasteiger partial charge in [0.05, 0.1) is 6.61 Å². The maximum absolute atomic E-state index is 5.68. The lowest BCUT2D eigenvalue weighted by atomic mass is 9.89. The van der Waals surface area contributed by atoms with Crippen LogP contribution in [0.25, 0.3) is 0 Å². The largest absolute Gasteiger partial charge is 0.381 e. The van der Waals surface area contributed by atoms with Gasteiger partial charge in [0, 0.05) is 12.6 Å². The molecule has 17 heavy (non-hydrogen) atoms. The predicted octanol–water partition coefficient (Wildman–Crippen LogP) is 1.80. The molecule has 1 fully saturated rings. The lowest BCUT2D eigenvalue weighted by Crippen LogP contribution is -2.45. The van der Waals surface area contributed by atoms with Crippen molar-refractivity contribution >= 4 is 0 Å². The SMILES string of the molecule is Cc1cccc(CC(NN)C2CCCOC2)c1. The number of nitrogens with two attached hydrogens (primary N) is 1. The number of hydrogen-bond acceptors (Lipinski definition) is 3. The molecule has 1 heterocycles. The van der Waals surface area contributed by atoms with E-state index in [0.29, 0.717) is 12.0 Å². The van der Waals surface area contributed by atoms with E-state index in [1.165, 1.54) is 17.5 Å². The van der Waals surface area contributed by atoms with E-state index in [0.717, 1.165) is 26.1 Å². The molecule has 0 saturated carbocycles. The number of ether oxygens (including phenoxy) is 1. The molecule has 2 rings (SSSR count). The van der Waals surface area contributed by atoms with Gasteiger partial charge in [-0.05, 0) is 37.7 Å². The zero-order valence-corrected chi connectivity index (χ0v) is 10.5. The highest BCUT2D eigenvalue weighted by Gasteiger charge is 2.23. The fourth-order valence-corrected chi connectivity index (χ4v) is 2.54. The smallest absolute Gasteiger partial charge is 0.0509 e. The van der Waals surface area contributed by atoms with Gasteiger partial charge in [0.2, 0.25) is 0 Å². The Morgan fingerprint density at radius 1 is 1.53 bits per heavy atom. The molecule has 94 valence electrons.